The minimum absolute atomic E-state index is 0.600. The third-order valence-electron chi connectivity index (χ3n) is 5.29. The highest BCUT2D eigenvalue weighted by Gasteiger charge is 2.25. The van der Waals surface area contributed by atoms with E-state index in [2.05, 4.69) is 64.5 Å². The summed E-state index contributed by atoms with van der Waals surface area (Å²) in [4.78, 5) is 6.87. The molecule has 134 valence electrons. The van der Waals surface area contributed by atoms with Gasteiger partial charge in [0.2, 0.25) is 0 Å². The van der Waals surface area contributed by atoms with E-state index in [1.165, 1.54) is 23.2 Å². The number of aliphatic imine (C=N–C) groups is 1. The van der Waals surface area contributed by atoms with Crippen molar-refractivity contribution in [3.8, 4) is 0 Å². The van der Waals surface area contributed by atoms with Crippen LogP contribution in [0.15, 0.2) is 35.3 Å². The first-order valence-electron chi connectivity index (χ1n) is 9.09. The first-order valence-corrected chi connectivity index (χ1v) is 9.09. The fraction of sp³-hybridized carbons (Fsp3) is 0.500. The Hall–Kier alpha value is -2.30. The molecule has 2 heterocycles. The van der Waals surface area contributed by atoms with Gasteiger partial charge in [-0.05, 0) is 37.8 Å². The van der Waals surface area contributed by atoms with Crippen LogP contribution in [0.2, 0.25) is 0 Å². The standard InChI is InChI=1S/C20H29N5/c1-15-19(16(2)24(4)23-15)10-12-22-20(21-3)25-13-11-18(14-25)17-8-6-5-7-9-17/h5-9,18H,10-14H2,1-4H3,(H,21,22). The number of likely N-dealkylation sites (tertiary alicyclic amines) is 1. The van der Waals surface area contributed by atoms with Crippen LogP contribution in [0.3, 0.4) is 0 Å². The molecule has 25 heavy (non-hydrogen) atoms. The van der Waals surface area contributed by atoms with E-state index in [0.29, 0.717) is 5.92 Å². The van der Waals surface area contributed by atoms with E-state index in [1.807, 2.05) is 18.8 Å². The van der Waals surface area contributed by atoms with E-state index in [9.17, 15) is 0 Å². The monoisotopic (exact) mass is 339 g/mol. The van der Waals surface area contributed by atoms with Crippen molar-refractivity contribution in [3.05, 3.63) is 52.8 Å². The van der Waals surface area contributed by atoms with E-state index in [1.54, 1.807) is 0 Å². The van der Waals surface area contributed by atoms with Gasteiger partial charge in [-0.25, -0.2) is 0 Å². The zero-order valence-electron chi connectivity index (χ0n) is 15.8. The van der Waals surface area contributed by atoms with Crippen molar-refractivity contribution in [3.63, 3.8) is 0 Å². The summed E-state index contributed by atoms with van der Waals surface area (Å²) in [7, 11) is 3.88. The van der Waals surface area contributed by atoms with Crippen LogP contribution in [0.5, 0.6) is 0 Å². The van der Waals surface area contributed by atoms with Gasteiger partial charge in [0.05, 0.1) is 5.69 Å². The summed E-state index contributed by atoms with van der Waals surface area (Å²) in [6.07, 6.45) is 2.16. The molecule has 0 amide bonds. The fourth-order valence-corrected chi connectivity index (χ4v) is 3.76. The van der Waals surface area contributed by atoms with E-state index >= 15 is 0 Å². The number of nitrogens with zero attached hydrogens (tertiary/aromatic N) is 4. The molecule has 1 atom stereocenters. The number of benzene rings is 1. The quantitative estimate of drug-likeness (QED) is 0.688. The maximum Gasteiger partial charge on any atom is 0.193 e. The number of guanidine groups is 1. The molecule has 2 aromatic rings. The first kappa shape index (κ1) is 17.5. The number of aryl methyl sites for hydroxylation is 2. The lowest BCUT2D eigenvalue weighted by Crippen LogP contribution is -2.40. The van der Waals surface area contributed by atoms with Gasteiger partial charge in [0.15, 0.2) is 5.96 Å². The summed E-state index contributed by atoms with van der Waals surface area (Å²) < 4.78 is 1.96. The van der Waals surface area contributed by atoms with Crippen LogP contribution in [0.4, 0.5) is 0 Å². The molecule has 5 nitrogen and oxygen atoms in total. The predicted octanol–water partition coefficient (Wildman–Crippen LogP) is 2.64. The van der Waals surface area contributed by atoms with Gasteiger partial charge in [-0.15, -0.1) is 0 Å². The summed E-state index contributed by atoms with van der Waals surface area (Å²) in [5.74, 6) is 1.61. The van der Waals surface area contributed by atoms with Crippen LogP contribution >= 0.6 is 0 Å². The molecule has 1 saturated heterocycles. The first-order chi connectivity index (χ1) is 12.1. The van der Waals surface area contributed by atoms with Crippen LogP contribution in [0.1, 0.15) is 34.9 Å². The molecule has 3 rings (SSSR count). The molecule has 0 spiro atoms. The Bertz CT molecular complexity index is 732. The molecule has 1 unspecified atom stereocenters. The molecular formula is C20H29N5. The zero-order chi connectivity index (χ0) is 17.8. The van der Waals surface area contributed by atoms with E-state index in [4.69, 9.17) is 0 Å². The highest BCUT2D eigenvalue weighted by molar-refractivity contribution is 5.80. The molecule has 1 fully saturated rings. The third kappa shape index (κ3) is 3.86. The second-order valence-electron chi connectivity index (χ2n) is 6.84. The summed E-state index contributed by atoms with van der Waals surface area (Å²) in [6, 6.07) is 10.8. The highest BCUT2D eigenvalue weighted by Crippen LogP contribution is 2.26. The van der Waals surface area contributed by atoms with Crippen molar-refractivity contribution in [1.29, 1.82) is 0 Å². The average Bonchev–Trinajstić information content (AvgIpc) is 3.20. The summed E-state index contributed by atoms with van der Waals surface area (Å²) >= 11 is 0. The van der Waals surface area contributed by atoms with Gasteiger partial charge < -0.3 is 10.2 Å². The lowest BCUT2D eigenvalue weighted by atomic mass is 9.99. The Morgan fingerprint density at radius 2 is 2.04 bits per heavy atom. The number of rotatable bonds is 4. The van der Waals surface area contributed by atoms with Crippen molar-refractivity contribution >= 4 is 5.96 Å². The molecule has 1 N–H and O–H groups in total. The Balaban J connectivity index is 1.55. The highest BCUT2D eigenvalue weighted by atomic mass is 15.3. The topological polar surface area (TPSA) is 45.5 Å². The predicted molar refractivity (Wildman–Crippen MR) is 103 cm³/mol. The summed E-state index contributed by atoms with van der Waals surface area (Å²) in [5, 5.41) is 8.03. The lowest BCUT2D eigenvalue weighted by molar-refractivity contribution is 0.486. The SMILES string of the molecule is CN=C(NCCc1c(C)nn(C)c1C)N1CCC(c2ccccc2)C1. The molecular weight excluding hydrogens is 310 g/mol. The van der Waals surface area contributed by atoms with Gasteiger partial charge >= 0.3 is 0 Å². The second kappa shape index (κ2) is 7.72. The maximum absolute atomic E-state index is 4.50. The molecule has 0 aliphatic carbocycles. The molecule has 1 aromatic carbocycles. The molecule has 1 aliphatic heterocycles. The molecule has 1 aliphatic rings. The minimum Gasteiger partial charge on any atom is -0.356 e. The number of hydrogen-bond acceptors (Lipinski definition) is 2. The van der Waals surface area contributed by atoms with Crippen LogP contribution < -0.4 is 5.32 Å². The van der Waals surface area contributed by atoms with Crippen LogP contribution in [0.25, 0.3) is 0 Å². The van der Waals surface area contributed by atoms with Gasteiger partial charge in [0, 0.05) is 45.3 Å². The van der Waals surface area contributed by atoms with Crippen LogP contribution in [-0.4, -0.2) is 47.3 Å². The summed E-state index contributed by atoms with van der Waals surface area (Å²) in [5.41, 5.74) is 5.15. The maximum atomic E-state index is 4.50. The van der Waals surface area contributed by atoms with Crippen molar-refractivity contribution in [1.82, 2.24) is 20.0 Å². The Kier molecular flexibility index (Phi) is 5.41. The largest absolute Gasteiger partial charge is 0.356 e. The van der Waals surface area contributed by atoms with E-state index in [0.717, 1.165) is 37.7 Å². The Labute approximate surface area is 150 Å². The normalized spacial score (nSPS) is 18.0. The number of hydrogen-bond donors (Lipinski definition) is 1. The fourth-order valence-electron chi connectivity index (χ4n) is 3.76. The average molecular weight is 339 g/mol. The van der Waals surface area contributed by atoms with Crippen molar-refractivity contribution in [2.75, 3.05) is 26.7 Å². The Morgan fingerprint density at radius 3 is 2.68 bits per heavy atom. The molecule has 0 radical (unpaired) electrons. The van der Waals surface area contributed by atoms with Gasteiger partial charge in [-0.3, -0.25) is 9.67 Å². The minimum atomic E-state index is 0.600. The van der Waals surface area contributed by atoms with E-state index in [-0.39, 0.29) is 0 Å². The van der Waals surface area contributed by atoms with Crippen molar-refractivity contribution in [2.24, 2.45) is 12.0 Å². The molecule has 1 aromatic heterocycles. The van der Waals surface area contributed by atoms with Crippen LogP contribution in [-0.2, 0) is 13.5 Å². The van der Waals surface area contributed by atoms with Gasteiger partial charge in [-0.1, -0.05) is 30.3 Å². The Morgan fingerprint density at radius 1 is 1.28 bits per heavy atom. The van der Waals surface area contributed by atoms with Crippen molar-refractivity contribution in [2.45, 2.75) is 32.6 Å². The van der Waals surface area contributed by atoms with Crippen molar-refractivity contribution < 1.29 is 0 Å². The summed E-state index contributed by atoms with van der Waals surface area (Å²) in [6.45, 7) is 7.20. The molecule has 0 bridgehead atoms. The van der Waals surface area contributed by atoms with Gasteiger partial charge in [-0.2, -0.15) is 5.10 Å². The van der Waals surface area contributed by atoms with Crippen LogP contribution in [0, 0.1) is 13.8 Å². The molecule has 0 saturated carbocycles. The number of aromatic nitrogens is 2. The smallest absolute Gasteiger partial charge is 0.193 e. The third-order valence-corrected chi connectivity index (χ3v) is 5.29. The zero-order valence-corrected chi connectivity index (χ0v) is 15.8. The van der Waals surface area contributed by atoms with Gasteiger partial charge in [0.1, 0.15) is 0 Å². The lowest BCUT2D eigenvalue weighted by Gasteiger charge is -2.22. The van der Waals surface area contributed by atoms with E-state index < -0.39 is 0 Å². The van der Waals surface area contributed by atoms with Gasteiger partial charge in [0.25, 0.3) is 0 Å². The molecule has 5 heteroatoms. The second-order valence-corrected chi connectivity index (χ2v) is 6.84. The number of nitrogens with one attached hydrogen (secondary N) is 1.